The fraction of sp³-hybridized carbons (Fsp3) is 0.958. The van der Waals surface area contributed by atoms with Crippen molar-refractivity contribution in [3.63, 3.8) is 0 Å². The Balaban J connectivity index is 2.32. The lowest BCUT2D eigenvalue weighted by Crippen LogP contribution is -2.50. The summed E-state index contributed by atoms with van der Waals surface area (Å²) in [5.74, 6) is 1.58. The molecule has 3 atom stereocenters. The summed E-state index contributed by atoms with van der Waals surface area (Å²) in [6, 6.07) is 0. The number of carbonyl (C=O) groups excluding carboxylic acids is 1. The minimum Gasteiger partial charge on any atom is -0.416 e. The second-order valence-corrected chi connectivity index (χ2v) is 22.8. The maximum absolute atomic E-state index is 12.8. The molecular formula is C24H48O3Si2. The standard InChI is InChI=1S/C24H48O3Si2/c1-18-15-24(16-26-28(8,9)22(2,3)4,17-27-29(10,11)23(5,6)7)19-13-12-14-20(25)21(18)19/h18-19,21H,12-17H2,1-11H3/t18-,19-,21+/m0/s1. The monoisotopic (exact) mass is 440 g/mol. The molecular weight excluding hydrogens is 392 g/mol. The number of rotatable bonds is 6. The van der Waals surface area contributed by atoms with Crippen LogP contribution in [0.4, 0.5) is 0 Å². The predicted molar refractivity (Wildman–Crippen MR) is 128 cm³/mol. The highest BCUT2D eigenvalue weighted by molar-refractivity contribution is 6.74. The van der Waals surface area contributed by atoms with E-state index >= 15 is 0 Å². The summed E-state index contributed by atoms with van der Waals surface area (Å²) < 4.78 is 13.7. The Morgan fingerprint density at radius 3 is 1.79 bits per heavy atom. The second kappa shape index (κ2) is 8.18. The summed E-state index contributed by atoms with van der Waals surface area (Å²) in [4.78, 5) is 12.8. The molecule has 170 valence electrons. The van der Waals surface area contributed by atoms with Crippen molar-refractivity contribution in [3.8, 4) is 0 Å². The fourth-order valence-corrected chi connectivity index (χ4v) is 7.00. The molecule has 29 heavy (non-hydrogen) atoms. The molecule has 0 aromatic carbocycles. The maximum Gasteiger partial charge on any atom is 0.192 e. The van der Waals surface area contributed by atoms with Crippen molar-refractivity contribution in [2.45, 2.75) is 110 Å². The zero-order chi connectivity index (χ0) is 22.5. The topological polar surface area (TPSA) is 35.5 Å². The minimum atomic E-state index is -1.86. The first-order valence-corrected chi connectivity index (χ1v) is 17.6. The molecule has 0 radical (unpaired) electrons. The van der Waals surface area contributed by atoms with E-state index in [0.29, 0.717) is 17.6 Å². The van der Waals surface area contributed by atoms with E-state index in [1.165, 1.54) is 0 Å². The highest BCUT2D eigenvalue weighted by Gasteiger charge is 2.57. The Bertz CT molecular complexity index is 568. The molecule has 0 saturated heterocycles. The molecule has 0 aromatic rings. The van der Waals surface area contributed by atoms with Crippen LogP contribution in [0.1, 0.15) is 74.1 Å². The van der Waals surface area contributed by atoms with Gasteiger partial charge in [-0.05, 0) is 67.4 Å². The summed E-state index contributed by atoms with van der Waals surface area (Å²) in [6.07, 6.45) is 4.03. The molecule has 5 heteroatoms. The van der Waals surface area contributed by atoms with E-state index in [-0.39, 0.29) is 21.4 Å². The van der Waals surface area contributed by atoms with Crippen molar-refractivity contribution >= 4 is 22.4 Å². The molecule has 0 N–H and O–H groups in total. The second-order valence-electron chi connectivity index (χ2n) is 13.1. The van der Waals surface area contributed by atoms with Gasteiger partial charge in [0.15, 0.2) is 16.6 Å². The van der Waals surface area contributed by atoms with Crippen LogP contribution in [-0.2, 0) is 13.6 Å². The van der Waals surface area contributed by atoms with E-state index in [1.54, 1.807) is 0 Å². The SMILES string of the molecule is C[C@H]1CC(CO[Si](C)(C)C(C)(C)C)(CO[Si](C)(C)C(C)(C)C)[C@H]2CCCC(=O)[C@H]12. The molecule has 0 spiro atoms. The third-order valence-corrected chi connectivity index (χ3v) is 17.9. The van der Waals surface area contributed by atoms with E-state index in [2.05, 4.69) is 74.7 Å². The van der Waals surface area contributed by atoms with E-state index < -0.39 is 16.6 Å². The highest BCUT2D eigenvalue weighted by Crippen LogP contribution is 2.56. The van der Waals surface area contributed by atoms with Crippen molar-refractivity contribution in [1.82, 2.24) is 0 Å². The van der Waals surface area contributed by atoms with Gasteiger partial charge in [0.05, 0.1) is 0 Å². The van der Waals surface area contributed by atoms with Crippen molar-refractivity contribution in [2.75, 3.05) is 13.2 Å². The Morgan fingerprint density at radius 1 is 0.931 bits per heavy atom. The number of hydrogen-bond donors (Lipinski definition) is 0. The fourth-order valence-electron chi connectivity index (χ4n) is 4.84. The Kier molecular flexibility index (Phi) is 7.13. The first-order valence-electron chi connectivity index (χ1n) is 11.7. The number of carbonyl (C=O) groups is 1. The maximum atomic E-state index is 12.8. The molecule has 0 amide bonds. The largest absolute Gasteiger partial charge is 0.416 e. The zero-order valence-electron chi connectivity index (χ0n) is 21.2. The van der Waals surface area contributed by atoms with Gasteiger partial charge >= 0.3 is 0 Å². The first kappa shape index (κ1) is 25.3. The van der Waals surface area contributed by atoms with Crippen LogP contribution in [0.5, 0.6) is 0 Å². The van der Waals surface area contributed by atoms with Crippen molar-refractivity contribution in [2.24, 2.45) is 23.2 Å². The smallest absolute Gasteiger partial charge is 0.192 e. The quantitative estimate of drug-likeness (QED) is 0.415. The Morgan fingerprint density at radius 2 is 1.38 bits per heavy atom. The first-order chi connectivity index (χ1) is 12.9. The van der Waals surface area contributed by atoms with E-state index in [1.807, 2.05) is 0 Å². The average molecular weight is 441 g/mol. The van der Waals surface area contributed by atoms with Crippen LogP contribution in [0.15, 0.2) is 0 Å². The third kappa shape index (κ3) is 5.10. The lowest BCUT2D eigenvalue weighted by molar-refractivity contribution is -0.128. The molecule has 2 saturated carbocycles. The van der Waals surface area contributed by atoms with E-state index in [9.17, 15) is 4.79 Å². The summed E-state index contributed by atoms with van der Waals surface area (Å²) in [5.41, 5.74) is -0.00873. The number of Topliss-reactive ketones (excluding diaryl/α,β-unsaturated/α-hetero) is 1. The van der Waals surface area contributed by atoms with Gasteiger partial charge < -0.3 is 8.85 Å². The van der Waals surface area contributed by atoms with Gasteiger partial charge in [0.25, 0.3) is 0 Å². The van der Waals surface area contributed by atoms with Crippen molar-refractivity contribution in [3.05, 3.63) is 0 Å². The summed E-state index contributed by atoms with van der Waals surface area (Å²) in [5, 5.41) is 0.390. The van der Waals surface area contributed by atoms with Gasteiger partial charge in [-0.15, -0.1) is 0 Å². The molecule has 0 aromatic heterocycles. The number of hydrogen-bond acceptors (Lipinski definition) is 3. The minimum absolute atomic E-state index is 0.00873. The molecule has 2 fully saturated rings. The number of ketones is 1. The molecule has 0 unspecified atom stereocenters. The molecule has 2 aliphatic carbocycles. The van der Waals surface area contributed by atoms with Crippen LogP contribution in [-0.4, -0.2) is 35.6 Å². The third-order valence-electron chi connectivity index (χ3n) is 8.93. The van der Waals surface area contributed by atoms with Crippen LogP contribution < -0.4 is 0 Å². The summed E-state index contributed by atoms with van der Waals surface area (Å²) in [7, 11) is -3.71. The van der Waals surface area contributed by atoms with Crippen LogP contribution in [0.25, 0.3) is 0 Å². The molecule has 0 heterocycles. The highest BCUT2D eigenvalue weighted by atomic mass is 28.4. The lowest BCUT2D eigenvalue weighted by Gasteiger charge is -2.46. The van der Waals surface area contributed by atoms with Crippen molar-refractivity contribution < 1.29 is 13.6 Å². The summed E-state index contributed by atoms with van der Waals surface area (Å²) in [6.45, 7) is 27.0. The van der Waals surface area contributed by atoms with Crippen LogP contribution in [0.2, 0.25) is 36.3 Å². The van der Waals surface area contributed by atoms with Gasteiger partial charge in [-0.25, -0.2) is 0 Å². The van der Waals surface area contributed by atoms with Crippen LogP contribution >= 0.6 is 0 Å². The Hall–Kier alpha value is 0.0238. The molecule has 0 bridgehead atoms. The van der Waals surface area contributed by atoms with Gasteiger partial charge in [0.2, 0.25) is 0 Å². The van der Waals surface area contributed by atoms with Gasteiger partial charge in [-0.3, -0.25) is 4.79 Å². The number of fused-ring (bicyclic) bond motifs is 1. The van der Waals surface area contributed by atoms with E-state index in [0.717, 1.165) is 38.9 Å². The average Bonchev–Trinajstić information content (AvgIpc) is 2.83. The van der Waals surface area contributed by atoms with Crippen LogP contribution in [0, 0.1) is 23.2 Å². The zero-order valence-corrected chi connectivity index (χ0v) is 23.2. The predicted octanol–water partition coefficient (Wildman–Crippen LogP) is 7.04. The molecule has 3 nitrogen and oxygen atoms in total. The molecule has 0 aliphatic heterocycles. The molecule has 2 aliphatic rings. The van der Waals surface area contributed by atoms with Gasteiger partial charge in [-0.1, -0.05) is 48.5 Å². The van der Waals surface area contributed by atoms with Gasteiger partial charge in [-0.2, -0.15) is 0 Å². The normalized spacial score (nSPS) is 28.5. The van der Waals surface area contributed by atoms with Crippen molar-refractivity contribution in [1.29, 1.82) is 0 Å². The van der Waals surface area contributed by atoms with Gasteiger partial charge in [0.1, 0.15) is 5.78 Å². The van der Waals surface area contributed by atoms with E-state index in [4.69, 9.17) is 8.85 Å². The van der Waals surface area contributed by atoms with Crippen LogP contribution in [0.3, 0.4) is 0 Å². The molecule has 2 rings (SSSR count). The van der Waals surface area contributed by atoms with Gasteiger partial charge in [0, 0.05) is 31.0 Å². The summed E-state index contributed by atoms with van der Waals surface area (Å²) >= 11 is 0. The Labute approximate surface area is 183 Å². The lowest BCUT2D eigenvalue weighted by atomic mass is 9.69.